The molecule has 0 unspecified atom stereocenters. The molecule has 1 N–H and O–H groups in total. The summed E-state index contributed by atoms with van der Waals surface area (Å²) in [5.74, 6) is 1.11. The standard InChI is InChI=1S/C23H28N2O3S/c1-28-20-9-3-2-7-18(20)19-8-4-14-25(19)22(27)11-13-23(12-10-21(26)24-23)16-17-6-5-15-29-17/h2-3,5-7,9,15,19H,4,8,10-14,16H2,1H3,(H,24,26)/t19-,23+/m1/s1. The zero-order valence-electron chi connectivity index (χ0n) is 16.9. The largest absolute Gasteiger partial charge is 0.496 e. The molecule has 4 rings (SSSR count). The van der Waals surface area contributed by atoms with Gasteiger partial charge >= 0.3 is 0 Å². The third-order valence-corrected chi connectivity index (χ3v) is 7.09. The monoisotopic (exact) mass is 412 g/mol. The fourth-order valence-electron chi connectivity index (χ4n) is 4.75. The number of hydrogen-bond donors (Lipinski definition) is 1. The van der Waals surface area contributed by atoms with E-state index in [0.717, 1.165) is 43.5 Å². The van der Waals surface area contributed by atoms with E-state index < -0.39 is 0 Å². The van der Waals surface area contributed by atoms with Gasteiger partial charge in [-0.3, -0.25) is 9.59 Å². The van der Waals surface area contributed by atoms with Crippen LogP contribution in [0.5, 0.6) is 5.75 Å². The molecule has 2 fully saturated rings. The number of likely N-dealkylation sites (tertiary alicyclic amines) is 1. The molecule has 2 aliphatic heterocycles. The molecule has 3 heterocycles. The number of thiophene rings is 1. The summed E-state index contributed by atoms with van der Waals surface area (Å²) in [5.41, 5.74) is 0.792. The molecule has 154 valence electrons. The van der Waals surface area contributed by atoms with Gasteiger partial charge in [-0.2, -0.15) is 0 Å². The van der Waals surface area contributed by atoms with E-state index in [-0.39, 0.29) is 23.4 Å². The van der Waals surface area contributed by atoms with Crippen LogP contribution in [0.3, 0.4) is 0 Å². The van der Waals surface area contributed by atoms with Crippen molar-refractivity contribution in [3.05, 3.63) is 52.2 Å². The predicted octanol–water partition coefficient (Wildman–Crippen LogP) is 4.09. The molecule has 29 heavy (non-hydrogen) atoms. The van der Waals surface area contributed by atoms with Gasteiger partial charge in [-0.25, -0.2) is 0 Å². The Hall–Kier alpha value is -2.34. The van der Waals surface area contributed by atoms with Crippen molar-refractivity contribution >= 4 is 23.2 Å². The first-order valence-corrected chi connectivity index (χ1v) is 11.2. The molecule has 5 nitrogen and oxygen atoms in total. The summed E-state index contributed by atoms with van der Waals surface area (Å²) in [6.45, 7) is 0.784. The average Bonchev–Trinajstić information content (AvgIpc) is 3.48. The Balaban J connectivity index is 1.45. The van der Waals surface area contributed by atoms with Crippen LogP contribution in [0.25, 0.3) is 0 Å². The second-order valence-corrected chi connectivity index (χ2v) is 9.10. The summed E-state index contributed by atoms with van der Waals surface area (Å²) < 4.78 is 5.53. The summed E-state index contributed by atoms with van der Waals surface area (Å²) in [7, 11) is 1.68. The van der Waals surface area contributed by atoms with E-state index in [0.29, 0.717) is 19.3 Å². The minimum Gasteiger partial charge on any atom is -0.496 e. The van der Waals surface area contributed by atoms with Crippen LogP contribution in [-0.2, 0) is 16.0 Å². The molecule has 2 amide bonds. The highest BCUT2D eigenvalue weighted by atomic mass is 32.1. The molecule has 1 aromatic heterocycles. The van der Waals surface area contributed by atoms with Crippen LogP contribution in [-0.4, -0.2) is 35.9 Å². The molecule has 0 saturated carbocycles. The van der Waals surface area contributed by atoms with Gasteiger partial charge in [0.05, 0.1) is 13.2 Å². The molecule has 0 radical (unpaired) electrons. The van der Waals surface area contributed by atoms with Gasteiger partial charge in [-0.15, -0.1) is 11.3 Å². The maximum Gasteiger partial charge on any atom is 0.223 e. The molecular formula is C23H28N2O3S. The van der Waals surface area contributed by atoms with Crippen LogP contribution in [0.15, 0.2) is 41.8 Å². The molecule has 2 saturated heterocycles. The molecule has 0 bridgehead atoms. The van der Waals surface area contributed by atoms with E-state index in [1.807, 2.05) is 29.2 Å². The van der Waals surface area contributed by atoms with Gasteiger partial charge < -0.3 is 15.0 Å². The van der Waals surface area contributed by atoms with Gasteiger partial charge in [-0.05, 0) is 43.2 Å². The molecule has 2 aliphatic rings. The van der Waals surface area contributed by atoms with Gasteiger partial charge in [0, 0.05) is 41.8 Å². The number of nitrogens with zero attached hydrogens (tertiary/aromatic N) is 1. The Morgan fingerprint density at radius 3 is 2.90 bits per heavy atom. The van der Waals surface area contributed by atoms with E-state index in [9.17, 15) is 9.59 Å². The Kier molecular flexibility index (Phi) is 5.90. The molecule has 6 heteroatoms. The number of para-hydroxylation sites is 1. The fourth-order valence-corrected chi connectivity index (χ4v) is 5.60. The van der Waals surface area contributed by atoms with Gasteiger partial charge in [-0.1, -0.05) is 24.3 Å². The lowest BCUT2D eigenvalue weighted by Gasteiger charge is -2.31. The molecule has 1 aromatic carbocycles. The van der Waals surface area contributed by atoms with E-state index in [4.69, 9.17) is 4.74 Å². The summed E-state index contributed by atoms with van der Waals surface area (Å²) in [6, 6.07) is 12.2. The van der Waals surface area contributed by atoms with Crippen LogP contribution in [0.1, 0.15) is 55.0 Å². The van der Waals surface area contributed by atoms with Crippen LogP contribution >= 0.6 is 11.3 Å². The molecule has 0 aliphatic carbocycles. The van der Waals surface area contributed by atoms with Crippen LogP contribution < -0.4 is 10.1 Å². The van der Waals surface area contributed by atoms with Gasteiger partial charge in [0.1, 0.15) is 5.75 Å². The molecule has 2 aromatic rings. The number of rotatable bonds is 7. The summed E-state index contributed by atoms with van der Waals surface area (Å²) in [5, 5.41) is 5.25. The number of carbonyl (C=O) groups excluding carboxylic acids is 2. The van der Waals surface area contributed by atoms with E-state index in [2.05, 4.69) is 22.8 Å². The Morgan fingerprint density at radius 2 is 2.17 bits per heavy atom. The smallest absolute Gasteiger partial charge is 0.223 e. The third kappa shape index (κ3) is 4.32. The lowest BCUT2D eigenvalue weighted by atomic mass is 9.87. The number of nitrogens with one attached hydrogen (secondary N) is 1. The minimum atomic E-state index is -0.294. The van der Waals surface area contributed by atoms with Gasteiger partial charge in [0.25, 0.3) is 0 Å². The topological polar surface area (TPSA) is 58.6 Å². The first-order chi connectivity index (χ1) is 14.1. The number of amides is 2. The number of ether oxygens (including phenoxy) is 1. The minimum absolute atomic E-state index is 0.0741. The highest BCUT2D eigenvalue weighted by molar-refractivity contribution is 7.09. The Bertz CT molecular complexity index is 867. The maximum atomic E-state index is 13.2. The number of hydrogen-bond acceptors (Lipinski definition) is 4. The number of benzene rings is 1. The van der Waals surface area contributed by atoms with E-state index >= 15 is 0 Å². The Morgan fingerprint density at radius 1 is 1.31 bits per heavy atom. The van der Waals surface area contributed by atoms with Crippen molar-refractivity contribution in [2.24, 2.45) is 0 Å². The Labute approximate surface area is 176 Å². The number of methoxy groups -OCH3 is 1. The van der Waals surface area contributed by atoms with Crippen LogP contribution in [0, 0.1) is 0 Å². The van der Waals surface area contributed by atoms with Crippen molar-refractivity contribution in [1.29, 1.82) is 0 Å². The predicted molar refractivity (Wildman–Crippen MR) is 114 cm³/mol. The van der Waals surface area contributed by atoms with Crippen molar-refractivity contribution in [1.82, 2.24) is 10.2 Å². The zero-order chi connectivity index (χ0) is 20.3. The first kappa shape index (κ1) is 20.0. The fraction of sp³-hybridized carbons (Fsp3) is 0.478. The number of carbonyl (C=O) groups is 2. The average molecular weight is 413 g/mol. The second-order valence-electron chi connectivity index (χ2n) is 8.07. The zero-order valence-corrected chi connectivity index (χ0v) is 17.7. The quantitative estimate of drug-likeness (QED) is 0.745. The SMILES string of the molecule is COc1ccccc1[C@H]1CCCN1C(=O)CC[C@]1(Cc2cccs2)CCC(=O)N1. The highest BCUT2D eigenvalue weighted by Crippen LogP contribution is 2.38. The van der Waals surface area contributed by atoms with Crippen molar-refractivity contribution in [2.75, 3.05) is 13.7 Å². The normalized spacial score (nSPS) is 24.0. The van der Waals surface area contributed by atoms with Gasteiger partial charge in [0.15, 0.2) is 0 Å². The summed E-state index contributed by atoms with van der Waals surface area (Å²) in [4.78, 5) is 28.4. The first-order valence-electron chi connectivity index (χ1n) is 10.4. The summed E-state index contributed by atoms with van der Waals surface area (Å²) >= 11 is 1.71. The van der Waals surface area contributed by atoms with E-state index in [1.54, 1.807) is 18.4 Å². The van der Waals surface area contributed by atoms with E-state index in [1.165, 1.54) is 4.88 Å². The molecule has 0 spiro atoms. The van der Waals surface area contributed by atoms with Crippen molar-refractivity contribution in [2.45, 2.75) is 56.5 Å². The van der Waals surface area contributed by atoms with Crippen LogP contribution in [0.2, 0.25) is 0 Å². The summed E-state index contributed by atoms with van der Waals surface area (Å²) in [6.07, 6.45) is 5.26. The maximum absolute atomic E-state index is 13.2. The third-order valence-electron chi connectivity index (χ3n) is 6.22. The van der Waals surface area contributed by atoms with Crippen molar-refractivity contribution < 1.29 is 14.3 Å². The lowest BCUT2D eigenvalue weighted by molar-refractivity contribution is -0.132. The van der Waals surface area contributed by atoms with Crippen molar-refractivity contribution in [3.8, 4) is 5.75 Å². The van der Waals surface area contributed by atoms with Crippen LogP contribution in [0.4, 0.5) is 0 Å². The van der Waals surface area contributed by atoms with Gasteiger partial charge in [0.2, 0.25) is 11.8 Å². The highest BCUT2D eigenvalue weighted by Gasteiger charge is 2.39. The molecule has 2 atom stereocenters. The second kappa shape index (κ2) is 8.57. The van der Waals surface area contributed by atoms with Crippen molar-refractivity contribution in [3.63, 3.8) is 0 Å². The lowest BCUT2D eigenvalue weighted by Crippen LogP contribution is -2.44. The molecular weight excluding hydrogens is 384 g/mol.